The maximum Gasteiger partial charge on any atom is 0.184 e. The van der Waals surface area contributed by atoms with Gasteiger partial charge in [0.15, 0.2) is 12.1 Å². The lowest BCUT2D eigenvalue weighted by molar-refractivity contribution is -0.262. The first-order valence-corrected chi connectivity index (χ1v) is 7.31. The molecule has 0 amide bonds. The number of aliphatic hydroxyl groups is 1. The molecule has 116 valence electrons. The van der Waals surface area contributed by atoms with E-state index in [0.717, 1.165) is 5.56 Å². The molecule has 1 aromatic rings. The van der Waals surface area contributed by atoms with Crippen molar-refractivity contribution in [1.29, 1.82) is 0 Å². The van der Waals surface area contributed by atoms with E-state index < -0.39 is 18.2 Å². The van der Waals surface area contributed by atoms with Crippen molar-refractivity contribution in [3.8, 4) is 0 Å². The average molecular weight is 294 g/mol. The molecule has 2 aliphatic rings. The van der Waals surface area contributed by atoms with Gasteiger partial charge in [-0.05, 0) is 26.3 Å². The zero-order valence-electron chi connectivity index (χ0n) is 12.6. The predicted molar refractivity (Wildman–Crippen MR) is 75.4 cm³/mol. The molecule has 1 N–H and O–H groups in total. The van der Waals surface area contributed by atoms with Crippen LogP contribution in [0.15, 0.2) is 30.3 Å². The lowest BCUT2D eigenvalue weighted by Gasteiger charge is -2.38. The van der Waals surface area contributed by atoms with Gasteiger partial charge in [0.25, 0.3) is 0 Å². The van der Waals surface area contributed by atoms with Gasteiger partial charge in [-0.3, -0.25) is 0 Å². The van der Waals surface area contributed by atoms with Gasteiger partial charge in [0, 0.05) is 0 Å². The molecule has 5 heteroatoms. The number of ether oxygens (including phenoxy) is 4. The summed E-state index contributed by atoms with van der Waals surface area (Å²) in [6.45, 7) is 6.01. The Labute approximate surface area is 124 Å². The third-order valence-corrected chi connectivity index (χ3v) is 3.87. The van der Waals surface area contributed by atoms with E-state index in [0.29, 0.717) is 6.61 Å². The minimum absolute atomic E-state index is 0.262. The summed E-state index contributed by atoms with van der Waals surface area (Å²) in [5.74, 6) is -0.738. The second-order valence-electron chi connectivity index (χ2n) is 6.06. The first-order valence-electron chi connectivity index (χ1n) is 7.31. The van der Waals surface area contributed by atoms with Crippen LogP contribution < -0.4 is 0 Å². The molecule has 2 fully saturated rings. The standard InChI is InChI=1S/C16H22O5/c1-10-12(18-9-11-7-5-4-6-8-11)13-14(15(17)19-10)21-16(2,3)20-13/h4-8,10,12-15,17H,9H2,1-3H3/t10-,12-,13+,14+,15?/m0/s1. The number of aliphatic hydroxyl groups excluding tert-OH is 1. The van der Waals surface area contributed by atoms with Crippen molar-refractivity contribution in [2.45, 2.75) is 63.9 Å². The topological polar surface area (TPSA) is 57.2 Å². The lowest BCUT2D eigenvalue weighted by Crippen LogP contribution is -2.56. The highest BCUT2D eigenvalue weighted by Crippen LogP contribution is 2.38. The van der Waals surface area contributed by atoms with Crippen LogP contribution in [-0.2, 0) is 25.6 Å². The van der Waals surface area contributed by atoms with Gasteiger partial charge in [-0.15, -0.1) is 0 Å². The molecular formula is C16H22O5. The van der Waals surface area contributed by atoms with Gasteiger partial charge in [-0.1, -0.05) is 30.3 Å². The quantitative estimate of drug-likeness (QED) is 0.921. The summed E-state index contributed by atoms with van der Waals surface area (Å²) < 4.78 is 23.1. The van der Waals surface area contributed by atoms with E-state index >= 15 is 0 Å². The van der Waals surface area contributed by atoms with Crippen molar-refractivity contribution < 1.29 is 24.1 Å². The molecule has 1 unspecified atom stereocenters. The van der Waals surface area contributed by atoms with Crippen LogP contribution in [0.5, 0.6) is 0 Å². The van der Waals surface area contributed by atoms with Crippen LogP contribution in [0, 0.1) is 0 Å². The first-order chi connectivity index (χ1) is 9.96. The Balaban J connectivity index is 1.71. The molecule has 2 aliphatic heterocycles. The van der Waals surface area contributed by atoms with E-state index in [-0.39, 0.29) is 18.3 Å². The van der Waals surface area contributed by atoms with Gasteiger partial charge in [0.05, 0.1) is 12.7 Å². The number of fused-ring (bicyclic) bond motifs is 1. The molecule has 0 radical (unpaired) electrons. The molecule has 0 saturated carbocycles. The molecule has 1 aromatic carbocycles. The molecule has 5 atom stereocenters. The Morgan fingerprint density at radius 1 is 1.14 bits per heavy atom. The molecule has 2 saturated heterocycles. The van der Waals surface area contributed by atoms with Gasteiger partial charge in [-0.25, -0.2) is 0 Å². The van der Waals surface area contributed by atoms with E-state index in [1.54, 1.807) is 0 Å². The molecule has 0 bridgehead atoms. The highest BCUT2D eigenvalue weighted by molar-refractivity contribution is 5.13. The van der Waals surface area contributed by atoms with Crippen LogP contribution in [0.1, 0.15) is 26.3 Å². The first kappa shape index (κ1) is 14.9. The van der Waals surface area contributed by atoms with Crippen molar-refractivity contribution in [3.63, 3.8) is 0 Å². The van der Waals surface area contributed by atoms with Crippen molar-refractivity contribution in [3.05, 3.63) is 35.9 Å². The van der Waals surface area contributed by atoms with E-state index in [1.165, 1.54) is 0 Å². The highest BCUT2D eigenvalue weighted by Gasteiger charge is 2.54. The second kappa shape index (κ2) is 5.66. The summed E-state index contributed by atoms with van der Waals surface area (Å²) >= 11 is 0. The van der Waals surface area contributed by atoms with Gasteiger partial charge in [0.1, 0.15) is 18.3 Å². The summed E-state index contributed by atoms with van der Waals surface area (Å²) in [4.78, 5) is 0. The molecule has 5 nitrogen and oxygen atoms in total. The van der Waals surface area contributed by atoms with Crippen LogP contribution >= 0.6 is 0 Å². The number of benzene rings is 1. The Morgan fingerprint density at radius 3 is 2.52 bits per heavy atom. The normalized spacial score (nSPS) is 38.2. The zero-order chi connectivity index (χ0) is 15.0. The van der Waals surface area contributed by atoms with Gasteiger partial charge >= 0.3 is 0 Å². The van der Waals surface area contributed by atoms with Gasteiger partial charge in [-0.2, -0.15) is 0 Å². The van der Waals surface area contributed by atoms with Crippen molar-refractivity contribution >= 4 is 0 Å². The van der Waals surface area contributed by atoms with Gasteiger partial charge < -0.3 is 24.1 Å². The Kier molecular flexibility index (Phi) is 4.03. The van der Waals surface area contributed by atoms with Crippen LogP contribution in [0.4, 0.5) is 0 Å². The second-order valence-corrected chi connectivity index (χ2v) is 6.06. The SMILES string of the molecule is C[C@@H]1OC(O)[C@@H]2OC(C)(C)O[C@@H]2[C@H]1OCc1ccccc1. The third kappa shape index (κ3) is 3.12. The van der Waals surface area contributed by atoms with Crippen molar-refractivity contribution in [2.24, 2.45) is 0 Å². The van der Waals surface area contributed by atoms with Crippen molar-refractivity contribution in [2.75, 3.05) is 0 Å². The molecule has 2 heterocycles. The summed E-state index contributed by atoms with van der Waals surface area (Å²) in [7, 11) is 0. The van der Waals surface area contributed by atoms with Crippen LogP contribution in [-0.4, -0.2) is 41.6 Å². The monoisotopic (exact) mass is 294 g/mol. The molecular weight excluding hydrogens is 272 g/mol. The van der Waals surface area contributed by atoms with Crippen molar-refractivity contribution in [1.82, 2.24) is 0 Å². The van der Waals surface area contributed by atoms with Gasteiger partial charge in [0.2, 0.25) is 0 Å². The minimum Gasteiger partial charge on any atom is -0.368 e. The molecule has 0 spiro atoms. The minimum atomic E-state index is -0.983. The Bertz CT molecular complexity index is 475. The van der Waals surface area contributed by atoms with Crippen LogP contribution in [0.25, 0.3) is 0 Å². The molecule has 0 aliphatic carbocycles. The molecule has 21 heavy (non-hydrogen) atoms. The summed E-state index contributed by atoms with van der Waals surface area (Å²) in [6.07, 6.45) is -2.37. The number of hydrogen-bond donors (Lipinski definition) is 1. The lowest BCUT2D eigenvalue weighted by atomic mass is 10.00. The fourth-order valence-electron chi connectivity index (χ4n) is 2.93. The number of rotatable bonds is 3. The Hall–Kier alpha value is -0.980. The Morgan fingerprint density at radius 2 is 1.81 bits per heavy atom. The zero-order valence-corrected chi connectivity index (χ0v) is 12.6. The fraction of sp³-hybridized carbons (Fsp3) is 0.625. The smallest absolute Gasteiger partial charge is 0.184 e. The maximum absolute atomic E-state index is 10.0. The van der Waals surface area contributed by atoms with E-state index in [2.05, 4.69) is 0 Å². The van der Waals surface area contributed by atoms with E-state index in [1.807, 2.05) is 51.1 Å². The largest absolute Gasteiger partial charge is 0.368 e. The third-order valence-electron chi connectivity index (χ3n) is 3.87. The summed E-state index contributed by atoms with van der Waals surface area (Å²) in [5, 5.41) is 10.0. The van der Waals surface area contributed by atoms with E-state index in [9.17, 15) is 5.11 Å². The summed E-state index contributed by atoms with van der Waals surface area (Å²) in [6, 6.07) is 9.95. The fourth-order valence-corrected chi connectivity index (χ4v) is 2.93. The maximum atomic E-state index is 10.0. The molecule has 3 rings (SSSR count). The molecule has 0 aromatic heterocycles. The highest BCUT2D eigenvalue weighted by atomic mass is 16.8. The van der Waals surface area contributed by atoms with E-state index in [4.69, 9.17) is 18.9 Å². The van der Waals surface area contributed by atoms with Crippen LogP contribution in [0.3, 0.4) is 0 Å². The summed E-state index contributed by atoms with van der Waals surface area (Å²) in [5.41, 5.74) is 1.09. The van der Waals surface area contributed by atoms with Crippen LogP contribution in [0.2, 0.25) is 0 Å². The predicted octanol–water partition coefficient (Wildman–Crippen LogP) is 1.83. The number of hydrogen-bond acceptors (Lipinski definition) is 5. The average Bonchev–Trinajstić information content (AvgIpc) is 2.76.